The van der Waals surface area contributed by atoms with Crippen molar-refractivity contribution in [1.82, 2.24) is 13.8 Å². The van der Waals surface area contributed by atoms with Crippen molar-refractivity contribution >= 4 is 32.5 Å². The van der Waals surface area contributed by atoms with Gasteiger partial charge in [0.1, 0.15) is 6.54 Å². The highest BCUT2D eigenvalue weighted by Crippen LogP contribution is 2.31. The van der Waals surface area contributed by atoms with E-state index < -0.39 is 14.9 Å². The lowest BCUT2D eigenvalue weighted by molar-refractivity contribution is -0.384. The molecule has 0 radical (unpaired) electrons. The highest BCUT2D eigenvalue weighted by Gasteiger charge is 2.31. The average Bonchev–Trinajstić information content (AvgIpc) is 3.25. The molecule has 0 aliphatic carbocycles. The molecule has 180 valence electrons. The van der Waals surface area contributed by atoms with Gasteiger partial charge in [0.05, 0.1) is 24.0 Å². The molecule has 0 unspecified atom stereocenters. The van der Waals surface area contributed by atoms with Crippen LogP contribution in [0.25, 0.3) is 10.9 Å². The van der Waals surface area contributed by atoms with E-state index in [1.807, 2.05) is 0 Å². The third kappa shape index (κ3) is 4.41. The van der Waals surface area contributed by atoms with Crippen LogP contribution in [-0.4, -0.2) is 73.4 Å². The van der Waals surface area contributed by atoms with Crippen LogP contribution >= 0.6 is 0 Å². The Kier molecular flexibility index (Phi) is 6.44. The van der Waals surface area contributed by atoms with E-state index in [0.717, 1.165) is 0 Å². The summed E-state index contributed by atoms with van der Waals surface area (Å²) in [6, 6.07) is 10.7. The summed E-state index contributed by atoms with van der Waals surface area (Å²) in [6.45, 7) is 0.915. The first-order valence-electron chi connectivity index (χ1n) is 10.5. The molecule has 0 bridgehead atoms. The first-order chi connectivity index (χ1) is 16.2. The Hall–Kier alpha value is -3.64. The number of carbonyl (C=O) groups is 1. The molecule has 0 atom stereocenters. The second kappa shape index (κ2) is 9.31. The molecule has 1 saturated heterocycles. The van der Waals surface area contributed by atoms with Gasteiger partial charge in [0.2, 0.25) is 15.9 Å². The molecule has 0 spiro atoms. The monoisotopic (exact) mass is 488 g/mol. The van der Waals surface area contributed by atoms with Gasteiger partial charge < -0.3 is 18.9 Å². The van der Waals surface area contributed by atoms with E-state index in [4.69, 9.17) is 9.47 Å². The molecule has 11 nitrogen and oxygen atoms in total. The van der Waals surface area contributed by atoms with E-state index in [2.05, 4.69) is 0 Å². The minimum absolute atomic E-state index is 0.0108. The van der Waals surface area contributed by atoms with Crippen molar-refractivity contribution in [1.29, 1.82) is 0 Å². The van der Waals surface area contributed by atoms with Crippen LogP contribution in [0.3, 0.4) is 0 Å². The number of nitro benzene ring substituents is 1. The van der Waals surface area contributed by atoms with Crippen LogP contribution < -0.4 is 9.47 Å². The fourth-order valence-corrected chi connectivity index (χ4v) is 5.43. The Bertz CT molecular complexity index is 1340. The van der Waals surface area contributed by atoms with Gasteiger partial charge in [0, 0.05) is 61.5 Å². The van der Waals surface area contributed by atoms with Crippen molar-refractivity contribution < 1.29 is 27.6 Å². The molecule has 4 rings (SSSR count). The van der Waals surface area contributed by atoms with Crippen LogP contribution in [-0.2, 0) is 21.4 Å². The fourth-order valence-electron chi connectivity index (χ4n) is 3.99. The summed E-state index contributed by atoms with van der Waals surface area (Å²) in [5.74, 6) is 0.602. The standard InChI is InChI=1S/C22H24N4O7S/c1-32-20-6-4-18(14-21(20)33-2)34(30,31)25-11-9-23(10-12-25)22(27)15-24-8-7-16-13-17(26(28)29)3-5-19(16)24/h3-8,13-14H,9-12,15H2,1-2H3. The number of rotatable bonds is 7. The van der Waals surface area contributed by atoms with Crippen molar-refractivity contribution in [2.45, 2.75) is 11.4 Å². The van der Waals surface area contributed by atoms with Gasteiger partial charge in [-0.3, -0.25) is 14.9 Å². The van der Waals surface area contributed by atoms with Gasteiger partial charge in [0.25, 0.3) is 5.69 Å². The minimum Gasteiger partial charge on any atom is -0.493 e. The summed E-state index contributed by atoms with van der Waals surface area (Å²) in [6.07, 6.45) is 1.71. The number of hydrogen-bond acceptors (Lipinski definition) is 7. The van der Waals surface area contributed by atoms with Gasteiger partial charge in [-0.2, -0.15) is 4.31 Å². The number of amides is 1. The van der Waals surface area contributed by atoms with Gasteiger partial charge >= 0.3 is 0 Å². The van der Waals surface area contributed by atoms with Crippen LogP contribution in [0.15, 0.2) is 53.6 Å². The number of carbonyl (C=O) groups excluding carboxylic acids is 1. The van der Waals surface area contributed by atoms with E-state index >= 15 is 0 Å². The van der Waals surface area contributed by atoms with Gasteiger partial charge in [0.15, 0.2) is 11.5 Å². The minimum atomic E-state index is -3.76. The van der Waals surface area contributed by atoms with Gasteiger partial charge in [-0.05, 0) is 24.3 Å². The van der Waals surface area contributed by atoms with Crippen molar-refractivity contribution in [2.24, 2.45) is 0 Å². The first kappa shape index (κ1) is 23.5. The molecule has 1 fully saturated rings. The zero-order valence-corrected chi connectivity index (χ0v) is 19.5. The number of nitrogens with zero attached hydrogens (tertiary/aromatic N) is 4. The predicted octanol–water partition coefficient (Wildman–Crippen LogP) is 2.10. The Balaban J connectivity index is 1.42. The molecule has 12 heteroatoms. The zero-order chi connectivity index (χ0) is 24.5. The van der Waals surface area contributed by atoms with Crippen LogP contribution in [0.5, 0.6) is 11.5 Å². The number of non-ortho nitro benzene ring substituents is 1. The summed E-state index contributed by atoms with van der Waals surface area (Å²) in [7, 11) is -0.846. The number of nitro groups is 1. The van der Waals surface area contributed by atoms with E-state index in [1.54, 1.807) is 33.9 Å². The Morgan fingerprint density at radius 2 is 1.71 bits per heavy atom. The number of methoxy groups -OCH3 is 2. The Morgan fingerprint density at radius 1 is 1.00 bits per heavy atom. The fraction of sp³-hybridized carbons (Fsp3) is 0.318. The SMILES string of the molecule is COc1ccc(S(=O)(=O)N2CCN(C(=O)Cn3ccc4cc([N+](=O)[O-])ccc43)CC2)cc1OC. The summed E-state index contributed by atoms with van der Waals surface area (Å²) in [5, 5.41) is 11.6. The van der Waals surface area contributed by atoms with Gasteiger partial charge in [-0.25, -0.2) is 8.42 Å². The van der Waals surface area contributed by atoms with Crippen molar-refractivity contribution in [3.63, 3.8) is 0 Å². The number of fused-ring (bicyclic) bond motifs is 1. The maximum absolute atomic E-state index is 13.1. The number of ether oxygens (including phenoxy) is 2. The molecule has 0 saturated carbocycles. The van der Waals surface area contributed by atoms with Crippen LogP contribution in [0.2, 0.25) is 0 Å². The van der Waals surface area contributed by atoms with E-state index in [-0.39, 0.29) is 49.2 Å². The highest BCUT2D eigenvalue weighted by molar-refractivity contribution is 7.89. The third-order valence-electron chi connectivity index (χ3n) is 5.86. The Labute approximate surface area is 196 Å². The lowest BCUT2D eigenvalue weighted by Crippen LogP contribution is -2.51. The van der Waals surface area contributed by atoms with Gasteiger partial charge in [-0.1, -0.05) is 0 Å². The summed E-state index contributed by atoms with van der Waals surface area (Å²) < 4.78 is 39.6. The molecule has 1 amide bonds. The van der Waals surface area contributed by atoms with E-state index in [0.29, 0.717) is 22.4 Å². The summed E-state index contributed by atoms with van der Waals surface area (Å²) in [5.41, 5.74) is 0.706. The van der Waals surface area contributed by atoms with Crippen LogP contribution in [0, 0.1) is 10.1 Å². The van der Waals surface area contributed by atoms with E-state index in [9.17, 15) is 23.3 Å². The smallest absolute Gasteiger partial charge is 0.270 e. The largest absolute Gasteiger partial charge is 0.493 e. The predicted molar refractivity (Wildman–Crippen MR) is 123 cm³/mol. The molecule has 2 heterocycles. The molecule has 34 heavy (non-hydrogen) atoms. The van der Waals surface area contributed by atoms with Gasteiger partial charge in [-0.15, -0.1) is 0 Å². The molecule has 1 aromatic heterocycles. The molecule has 0 N–H and O–H groups in total. The highest BCUT2D eigenvalue weighted by atomic mass is 32.2. The summed E-state index contributed by atoms with van der Waals surface area (Å²) in [4.78, 5) is 25.1. The maximum Gasteiger partial charge on any atom is 0.270 e. The second-order valence-corrected chi connectivity index (χ2v) is 9.68. The van der Waals surface area contributed by atoms with E-state index in [1.165, 1.54) is 42.8 Å². The Morgan fingerprint density at radius 3 is 2.35 bits per heavy atom. The molecule has 1 aliphatic heterocycles. The summed E-state index contributed by atoms with van der Waals surface area (Å²) >= 11 is 0. The van der Waals surface area contributed by atoms with Crippen LogP contribution in [0.1, 0.15) is 0 Å². The lowest BCUT2D eigenvalue weighted by atomic mass is 10.2. The number of aromatic nitrogens is 1. The molecule has 2 aromatic carbocycles. The number of hydrogen-bond donors (Lipinski definition) is 0. The normalized spacial score (nSPS) is 14.8. The first-order valence-corrected chi connectivity index (χ1v) is 11.9. The van der Waals surface area contributed by atoms with Crippen molar-refractivity contribution in [3.8, 4) is 11.5 Å². The lowest BCUT2D eigenvalue weighted by Gasteiger charge is -2.34. The number of piperazine rings is 1. The topological polar surface area (TPSA) is 124 Å². The second-order valence-electron chi connectivity index (χ2n) is 7.75. The zero-order valence-electron chi connectivity index (χ0n) is 18.7. The molecule has 1 aliphatic rings. The number of benzene rings is 2. The van der Waals surface area contributed by atoms with Crippen molar-refractivity contribution in [2.75, 3.05) is 40.4 Å². The molecular weight excluding hydrogens is 464 g/mol. The third-order valence-corrected chi connectivity index (χ3v) is 7.75. The number of sulfonamides is 1. The molecular formula is C22H24N4O7S. The average molecular weight is 489 g/mol. The van der Waals surface area contributed by atoms with Crippen LogP contribution in [0.4, 0.5) is 5.69 Å². The van der Waals surface area contributed by atoms with Crippen molar-refractivity contribution in [3.05, 3.63) is 58.8 Å². The quantitative estimate of drug-likeness (QED) is 0.368. The maximum atomic E-state index is 13.1. The molecule has 3 aromatic rings.